The van der Waals surface area contributed by atoms with E-state index in [9.17, 15) is 14.4 Å². The molecule has 1 aromatic heterocycles. The van der Waals surface area contributed by atoms with Gasteiger partial charge >= 0.3 is 17.3 Å². The Morgan fingerprint density at radius 3 is 2.43 bits per heavy atom. The van der Waals surface area contributed by atoms with Gasteiger partial charge in [-0.25, -0.2) is 14.2 Å². The summed E-state index contributed by atoms with van der Waals surface area (Å²) in [7, 11) is 1.26. The summed E-state index contributed by atoms with van der Waals surface area (Å²) < 4.78 is 12.6. The lowest BCUT2D eigenvalue weighted by molar-refractivity contribution is -0.146. The lowest BCUT2D eigenvalue weighted by atomic mass is 10.0. The third-order valence-corrected chi connectivity index (χ3v) is 6.05. The number of carbonyl (C=O) groups is 1. The van der Waals surface area contributed by atoms with Gasteiger partial charge in [0.05, 0.1) is 37.2 Å². The zero-order valence-electron chi connectivity index (χ0n) is 20.4. The van der Waals surface area contributed by atoms with Gasteiger partial charge < -0.3 is 14.8 Å². The van der Waals surface area contributed by atoms with Gasteiger partial charge in [-0.2, -0.15) is 4.98 Å². The van der Waals surface area contributed by atoms with Crippen molar-refractivity contribution in [2.24, 2.45) is 5.92 Å². The van der Waals surface area contributed by atoms with Crippen LogP contribution < -0.4 is 21.4 Å². The smallest absolute Gasteiger partial charge is 0.355 e. The number of esters is 1. The SMILES string of the molecule is CCOc1ccc(Nc2nc(=O)n([C@@H](C)[C@@H](C)C(=O)OC)c(=O)n2Cc2ccc(C)cc2)cc1Cl. The molecule has 3 rings (SSSR count). The fourth-order valence-electron chi connectivity index (χ4n) is 3.56. The summed E-state index contributed by atoms with van der Waals surface area (Å²) >= 11 is 6.30. The monoisotopic (exact) mass is 500 g/mol. The molecule has 35 heavy (non-hydrogen) atoms. The first-order valence-electron chi connectivity index (χ1n) is 11.2. The van der Waals surface area contributed by atoms with Crippen LogP contribution in [0.25, 0.3) is 0 Å². The van der Waals surface area contributed by atoms with Gasteiger partial charge in [-0.05, 0) is 51.5 Å². The Kier molecular flexibility index (Phi) is 8.34. The van der Waals surface area contributed by atoms with Crippen molar-refractivity contribution in [3.63, 3.8) is 0 Å². The Morgan fingerprint density at radius 1 is 1.14 bits per heavy atom. The van der Waals surface area contributed by atoms with E-state index in [-0.39, 0.29) is 12.5 Å². The van der Waals surface area contributed by atoms with Crippen molar-refractivity contribution in [2.45, 2.75) is 40.3 Å². The number of aromatic nitrogens is 3. The second-order valence-electron chi connectivity index (χ2n) is 8.20. The molecule has 0 amide bonds. The highest BCUT2D eigenvalue weighted by Gasteiger charge is 2.27. The van der Waals surface area contributed by atoms with Crippen LogP contribution in [0.1, 0.15) is 37.9 Å². The van der Waals surface area contributed by atoms with Gasteiger partial charge in [-0.15, -0.1) is 0 Å². The number of hydrogen-bond donors (Lipinski definition) is 1. The highest BCUT2D eigenvalue weighted by Crippen LogP contribution is 2.29. The molecule has 0 aliphatic rings. The predicted octanol–water partition coefficient (Wildman–Crippen LogP) is 3.93. The number of nitrogens with zero attached hydrogens (tertiary/aromatic N) is 3. The molecule has 2 aromatic carbocycles. The Morgan fingerprint density at radius 2 is 1.83 bits per heavy atom. The van der Waals surface area contributed by atoms with Crippen LogP contribution >= 0.6 is 11.6 Å². The number of aryl methyl sites for hydroxylation is 1. The Bertz CT molecular complexity index is 1320. The second-order valence-corrected chi connectivity index (χ2v) is 8.61. The Labute approximate surface area is 208 Å². The number of benzene rings is 2. The number of carbonyl (C=O) groups excluding carboxylic acids is 1. The molecule has 3 aromatic rings. The Balaban J connectivity index is 2.11. The van der Waals surface area contributed by atoms with E-state index in [4.69, 9.17) is 21.1 Å². The standard InChI is InChI=1S/C25H29ClN4O5/c1-6-35-21-12-11-19(13-20(21)26)27-23-28-24(32)30(17(4)16(3)22(31)34-5)25(33)29(23)14-18-9-7-15(2)8-10-18/h7-13,16-17H,6,14H2,1-5H3,(H,27,28,32)/t16-,17+/m1/s1. The minimum Gasteiger partial charge on any atom is -0.492 e. The summed E-state index contributed by atoms with van der Waals surface area (Å²) in [5.41, 5.74) is 1.06. The average molecular weight is 501 g/mol. The van der Waals surface area contributed by atoms with E-state index in [1.807, 2.05) is 38.1 Å². The van der Waals surface area contributed by atoms with E-state index in [1.54, 1.807) is 32.0 Å². The molecule has 10 heteroatoms. The van der Waals surface area contributed by atoms with Gasteiger partial charge in [-0.1, -0.05) is 41.4 Å². The molecule has 0 aliphatic heterocycles. The molecule has 0 radical (unpaired) electrons. The van der Waals surface area contributed by atoms with Crippen LogP contribution in [0, 0.1) is 12.8 Å². The third kappa shape index (κ3) is 5.92. The second kappa shape index (κ2) is 11.2. The van der Waals surface area contributed by atoms with Crippen molar-refractivity contribution in [3.05, 3.63) is 79.6 Å². The molecular weight excluding hydrogens is 472 g/mol. The molecule has 0 saturated carbocycles. The molecule has 0 unspecified atom stereocenters. The Hall–Kier alpha value is -3.59. The number of nitrogens with one attached hydrogen (secondary N) is 1. The van der Waals surface area contributed by atoms with Crippen LogP contribution in [0.4, 0.5) is 11.6 Å². The first-order valence-corrected chi connectivity index (χ1v) is 11.6. The first kappa shape index (κ1) is 26.0. The lowest BCUT2D eigenvalue weighted by Gasteiger charge is -2.22. The van der Waals surface area contributed by atoms with Crippen molar-refractivity contribution in [1.29, 1.82) is 0 Å². The summed E-state index contributed by atoms with van der Waals surface area (Å²) in [5, 5.41) is 3.41. The molecule has 0 saturated heterocycles. The van der Waals surface area contributed by atoms with Gasteiger partial charge in [0.15, 0.2) is 0 Å². The normalized spacial score (nSPS) is 12.6. The number of hydrogen-bond acceptors (Lipinski definition) is 7. The van der Waals surface area contributed by atoms with Crippen molar-refractivity contribution in [2.75, 3.05) is 19.0 Å². The quantitative estimate of drug-likeness (QED) is 0.444. The van der Waals surface area contributed by atoms with Crippen LogP contribution in [0.2, 0.25) is 5.02 Å². The number of anilines is 2. The van der Waals surface area contributed by atoms with Crippen molar-refractivity contribution < 1.29 is 14.3 Å². The van der Waals surface area contributed by atoms with Crippen molar-refractivity contribution >= 4 is 29.2 Å². The maximum atomic E-state index is 13.6. The minimum absolute atomic E-state index is 0.0509. The molecule has 9 nitrogen and oxygen atoms in total. The maximum Gasteiger partial charge on any atom is 0.355 e. The molecular formula is C25H29ClN4O5. The van der Waals surface area contributed by atoms with Crippen molar-refractivity contribution in [3.8, 4) is 5.75 Å². The van der Waals surface area contributed by atoms with Crippen LogP contribution in [0.15, 0.2) is 52.1 Å². The number of rotatable bonds is 9. The summed E-state index contributed by atoms with van der Waals surface area (Å²) in [4.78, 5) is 42.8. The van der Waals surface area contributed by atoms with E-state index in [2.05, 4.69) is 10.3 Å². The zero-order chi connectivity index (χ0) is 25.7. The van der Waals surface area contributed by atoms with E-state index >= 15 is 0 Å². The van der Waals surface area contributed by atoms with Gasteiger partial charge in [0.1, 0.15) is 5.75 Å². The number of methoxy groups -OCH3 is 1. The fraction of sp³-hybridized carbons (Fsp3) is 0.360. The highest BCUT2D eigenvalue weighted by atomic mass is 35.5. The van der Waals surface area contributed by atoms with Gasteiger partial charge in [0.2, 0.25) is 5.95 Å². The highest BCUT2D eigenvalue weighted by molar-refractivity contribution is 6.32. The molecule has 0 aliphatic carbocycles. The largest absolute Gasteiger partial charge is 0.492 e. The maximum absolute atomic E-state index is 13.6. The van der Waals surface area contributed by atoms with E-state index in [0.717, 1.165) is 15.7 Å². The number of ether oxygens (including phenoxy) is 2. The molecule has 1 heterocycles. The molecule has 2 atom stereocenters. The lowest BCUT2D eigenvalue weighted by Crippen LogP contribution is -2.46. The fourth-order valence-corrected chi connectivity index (χ4v) is 3.79. The predicted molar refractivity (Wildman–Crippen MR) is 135 cm³/mol. The molecule has 186 valence electrons. The molecule has 0 fully saturated rings. The van der Waals surface area contributed by atoms with Crippen molar-refractivity contribution in [1.82, 2.24) is 14.1 Å². The van der Waals surface area contributed by atoms with Gasteiger partial charge in [-0.3, -0.25) is 9.36 Å². The van der Waals surface area contributed by atoms with Gasteiger partial charge in [0, 0.05) is 5.69 Å². The van der Waals surface area contributed by atoms with Crippen LogP contribution in [0.3, 0.4) is 0 Å². The van der Waals surface area contributed by atoms with Crippen LogP contribution in [0.5, 0.6) is 5.75 Å². The third-order valence-electron chi connectivity index (χ3n) is 5.75. The zero-order valence-corrected chi connectivity index (χ0v) is 21.1. The van der Waals surface area contributed by atoms with Crippen LogP contribution in [-0.4, -0.2) is 33.8 Å². The molecule has 0 spiro atoms. The summed E-state index contributed by atoms with van der Waals surface area (Å²) in [5.74, 6) is -0.690. The van der Waals surface area contributed by atoms with E-state index < -0.39 is 29.3 Å². The molecule has 1 N–H and O–H groups in total. The summed E-state index contributed by atoms with van der Waals surface area (Å²) in [6, 6.07) is 11.9. The number of halogens is 1. The van der Waals surface area contributed by atoms with Gasteiger partial charge in [0.25, 0.3) is 0 Å². The average Bonchev–Trinajstić information content (AvgIpc) is 2.83. The first-order chi connectivity index (χ1) is 16.7. The molecule has 0 bridgehead atoms. The van der Waals surface area contributed by atoms with E-state index in [1.165, 1.54) is 11.7 Å². The van der Waals surface area contributed by atoms with Crippen LogP contribution in [-0.2, 0) is 16.1 Å². The summed E-state index contributed by atoms with van der Waals surface area (Å²) in [6.07, 6.45) is 0. The summed E-state index contributed by atoms with van der Waals surface area (Å²) in [6.45, 7) is 7.65. The van der Waals surface area contributed by atoms with E-state index in [0.29, 0.717) is 23.1 Å². The minimum atomic E-state index is -0.780. The topological polar surface area (TPSA) is 104 Å².